The minimum atomic E-state index is -2.07. The van der Waals surface area contributed by atoms with Crippen LogP contribution in [0.25, 0.3) is 0 Å². The summed E-state index contributed by atoms with van der Waals surface area (Å²) < 4.78 is 0. The van der Waals surface area contributed by atoms with Gasteiger partial charge in [-0.1, -0.05) is 72.8 Å². The summed E-state index contributed by atoms with van der Waals surface area (Å²) in [5, 5.41) is 8.37. The second kappa shape index (κ2) is 23.3. The lowest BCUT2D eigenvalue weighted by molar-refractivity contribution is -0.142. The number of Topliss-reactive ketones (excluding diaryl/α,β-unsaturated/α-hetero) is 1. The zero-order chi connectivity index (χ0) is 41.1. The molecule has 4 amide bonds. The first-order valence-electron chi connectivity index (χ1n) is 18.2. The van der Waals surface area contributed by atoms with Gasteiger partial charge in [-0.2, -0.15) is 0 Å². The van der Waals surface area contributed by atoms with Crippen LogP contribution < -0.4 is 38.1 Å². The summed E-state index contributed by atoms with van der Waals surface area (Å²) in [5.74, 6) is -4.50. The van der Waals surface area contributed by atoms with E-state index in [4.69, 9.17) is 52.0 Å². The highest BCUT2D eigenvalue weighted by Crippen LogP contribution is 2.29. The number of nitrogens with one attached hydrogen (secondary N) is 3. The van der Waals surface area contributed by atoms with Gasteiger partial charge in [-0.05, 0) is 48.1 Å². The minimum Gasteiger partial charge on any atom is -0.370 e. The van der Waals surface area contributed by atoms with Crippen molar-refractivity contribution in [2.75, 3.05) is 42.2 Å². The number of alkyl halides is 3. The minimum absolute atomic E-state index is 0.0362. The van der Waals surface area contributed by atoms with Crippen molar-refractivity contribution in [3.63, 3.8) is 0 Å². The highest BCUT2D eigenvalue weighted by molar-refractivity contribution is 6.28. The summed E-state index contributed by atoms with van der Waals surface area (Å²) in [6, 6.07) is 22.8. The fraction of sp³-hybridized carbons (Fsp3) is 0.400. The fourth-order valence-corrected chi connectivity index (χ4v) is 7.02. The third-order valence-electron chi connectivity index (χ3n) is 9.23. The number of rotatable bonds is 24. The van der Waals surface area contributed by atoms with Crippen molar-refractivity contribution >= 4 is 75.9 Å². The summed E-state index contributed by atoms with van der Waals surface area (Å²) >= 11 is 18.0. The Bertz CT molecular complexity index is 1760. The summed E-state index contributed by atoms with van der Waals surface area (Å²) in [6.45, 7) is 2.63. The Morgan fingerprint density at radius 1 is 0.732 bits per heavy atom. The lowest BCUT2D eigenvalue weighted by Gasteiger charge is -2.40. The molecule has 4 unspecified atom stereocenters. The number of nitrogens with zero attached hydrogens (tertiary/aromatic N) is 2. The van der Waals surface area contributed by atoms with E-state index in [1.165, 1.54) is 6.92 Å². The molecule has 3 aromatic carbocycles. The Kier molecular flexibility index (Phi) is 18.9. The molecule has 0 aliphatic carbocycles. The maximum absolute atomic E-state index is 14.6. The van der Waals surface area contributed by atoms with Crippen molar-refractivity contribution in [1.29, 1.82) is 0 Å². The van der Waals surface area contributed by atoms with E-state index < -0.39 is 58.8 Å². The molecule has 0 fully saturated rings. The van der Waals surface area contributed by atoms with Crippen LogP contribution in [0, 0.1) is 5.92 Å². The average Bonchev–Trinajstić information content (AvgIpc) is 3.17. The number of amides is 4. The van der Waals surface area contributed by atoms with E-state index in [9.17, 15) is 24.0 Å². The third kappa shape index (κ3) is 14.0. The maximum Gasteiger partial charge on any atom is 0.244 e. The number of ketones is 1. The topological polar surface area (TPSA) is 215 Å². The van der Waals surface area contributed by atoms with Crippen LogP contribution in [0.2, 0.25) is 0 Å². The summed E-state index contributed by atoms with van der Waals surface area (Å²) in [5.41, 5.74) is 17.9. The normalized spacial score (nSPS) is 13.6. The number of nitrogens with two attached hydrogens (primary N) is 3. The highest BCUT2D eigenvalue weighted by Gasteiger charge is 2.50. The van der Waals surface area contributed by atoms with Gasteiger partial charge in [-0.25, -0.2) is 0 Å². The van der Waals surface area contributed by atoms with Crippen LogP contribution in [0.15, 0.2) is 89.9 Å². The van der Waals surface area contributed by atoms with E-state index in [1.807, 2.05) is 29.2 Å². The van der Waals surface area contributed by atoms with E-state index in [-0.39, 0.29) is 38.2 Å². The van der Waals surface area contributed by atoms with Gasteiger partial charge >= 0.3 is 0 Å². The van der Waals surface area contributed by atoms with Crippen LogP contribution in [0.4, 0.5) is 5.69 Å². The molecule has 3 aromatic rings. The molecule has 4 atom stereocenters. The van der Waals surface area contributed by atoms with Crippen molar-refractivity contribution in [3.8, 4) is 0 Å². The van der Waals surface area contributed by atoms with Gasteiger partial charge in [-0.15, -0.1) is 34.8 Å². The van der Waals surface area contributed by atoms with Gasteiger partial charge in [0.1, 0.15) is 11.6 Å². The van der Waals surface area contributed by atoms with Crippen LogP contribution in [0.1, 0.15) is 36.5 Å². The molecule has 9 N–H and O–H groups in total. The fourth-order valence-electron chi connectivity index (χ4n) is 6.43. The van der Waals surface area contributed by atoms with Crippen LogP contribution in [-0.2, 0) is 43.2 Å². The van der Waals surface area contributed by atoms with Gasteiger partial charge in [0.2, 0.25) is 23.6 Å². The first-order chi connectivity index (χ1) is 26.8. The summed E-state index contributed by atoms with van der Waals surface area (Å²) in [7, 11) is 0. The molecule has 0 radical (unpaired) electrons. The molecule has 302 valence electrons. The molecule has 0 saturated heterocycles. The molecule has 3 rings (SSSR count). The lowest BCUT2D eigenvalue weighted by atomic mass is 9.74. The first-order valence-corrected chi connectivity index (χ1v) is 19.8. The van der Waals surface area contributed by atoms with Crippen LogP contribution >= 0.6 is 34.8 Å². The molecule has 0 aliphatic rings. The van der Waals surface area contributed by atoms with E-state index in [0.717, 1.165) is 5.69 Å². The average molecular weight is 830 g/mol. The molecule has 0 heterocycles. The van der Waals surface area contributed by atoms with Gasteiger partial charge in [0.25, 0.3) is 0 Å². The predicted molar refractivity (Wildman–Crippen MR) is 223 cm³/mol. The molecular weight excluding hydrogens is 779 g/mol. The smallest absolute Gasteiger partial charge is 0.244 e. The summed E-state index contributed by atoms with van der Waals surface area (Å²) in [4.78, 5) is 74.8. The number of carbonyl (C=O) groups is 5. The zero-order valence-electron chi connectivity index (χ0n) is 31.4. The lowest BCUT2D eigenvalue weighted by Crippen LogP contribution is -2.69. The van der Waals surface area contributed by atoms with Crippen molar-refractivity contribution in [1.82, 2.24) is 16.0 Å². The Morgan fingerprint density at radius 2 is 1.30 bits per heavy atom. The van der Waals surface area contributed by atoms with Crippen molar-refractivity contribution in [2.24, 2.45) is 28.1 Å². The third-order valence-corrected chi connectivity index (χ3v) is 9.83. The molecule has 13 nitrogen and oxygen atoms in total. The highest BCUT2D eigenvalue weighted by atomic mass is 35.5. The number of hydrogen-bond acceptors (Lipinski definition) is 7. The number of primary amides is 1. The van der Waals surface area contributed by atoms with Crippen LogP contribution in [-0.4, -0.2) is 90.3 Å². The Balaban J connectivity index is 2.11. The van der Waals surface area contributed by atoms with E-state index in [1.54, 1.807) is 60.7 Å². The van der Waals surface area contributed by atoms with E-state index >= 15 is 0 Å². The number of aliphatic imine (C=N–C) groups is 1. The molecule has 0 saturated carbocycles. The molecule has 56 heavy (non-hydrogen) atoms. The Morgan fingerprint density at radius 3 is 1.82 bits per heavy atom. The zero-order valence-corrected chi connectivity index (χ0v) is 33.7. The number of guanidine groups is 1. The number of hydrogen-bond donors (Lipinski definition) is 6. The second-order valence-corrected chi connectivity index (χ2v) is 14.4. The maximum atomic E-state index is 14.6. The van der Waals surface area contributed by atoms with Gasteiger partial charge < -0.3 is 38.1 Å². The molecule has 0 bridgehead atoms. The molecule has 0 spiro atoms. The van der Waals surface area contributed by atoms with Gasteiger partial charge in [0, 0.05) is 56.8 Å². The second-order valence-electron chi connectivity index (χ2n) is 13.3. The first kappa shape index (κ1) is 45.5. The molecular formula is C40H51Cl3N8O5. The monoisotopic (exact) mass is 828 g/mol. The van der Waals surface area contributed by atoms with Crippen molar-refractivity contribution < 1.29 is 24.0 Å². The number of benzene rings is 3. The standard InChI is InChI=1S/C40H51Cl3N8O5/c1-27(52)48-34(24-29-14-16-31(17-15-29)51(21-18-41)22-19-42)37(55)50-40(38(44)56,25-30-11-6-3-7-12-30)32(23-28-9-4-2-5-10-28)36(54)49-33(35(53)26-43)13-8-20-47-39(45)46/h2-7,9-12,14-17,32-34H,8,13,18-26H2,1H3,(H2,44,56)(H,48,52)(H,49,54)(H,50,55)(H4,45,46,47). The van der Waals surface area contributed by atoms with E-state index in [0.29, 0.717) is 48.0 Å². The van der Waals surface area contributed by atoms with Gasteiger partial charge in [0.05, 0.1) is 17.8 Å². The quantitative estimate of drug-likeness (QED) is 0.0341. The molecule has 0 aliphatic heterocycles. The number of carbonyl (C=O) groups excluding carboxylic acids is 5. The van der Waals surface area contributed by atoms with E-state index in [2.05, 4.69) is 20.9 Å². The summed E-state index contributed by atoms with van der Waals surface area (Å²) in [6.07, 6.45) is 0.240. The van der Waals surface area contributed by atoms with Crippen molar-refractivity contribution in [3.05, 3.63) is 102 Å². The largest absolute Gasteiger partial charge is 0.370 e. The van der Waals surface area contributed by atoms with Gasteiger partial charge in [-0.3, -0.25) is 29.0 Å². The Hall–Kier alpha value is -4.85. The predicted octanol–water partition coefficient (Wildman–Crippen LogP) is 2.81. The Labute approximate surface area is 343 Å². The van der Waals surface area contributed by atoms with Gasteiger partial charge in [0.15, 0.2) is 11.7 Å². The SMILES string of the molecule is CC(=O)NC(Cc1ccc(N(CCCl)CCCl)cc1)C(=O)NC(Cc1ccccc1)(C(N)=O)C(Cc1ccccc1)C(=O)NC(CCCN=C(N)N)C(=O)CCl. The van der Waals surface area contributed by atoms with Crippen molar-refractivity contribution in [2.45, 2.75) is 56.7 Å². The van der Waals surface area contributed by atoms with Crippen LogP contribution in [0.3, 0.4) is 0 Å². The van der Waals surface area contributed by atoms with Crippen LogP contribution in [0.5, 0.6) is 0 Å². The molecule has 16 heteroatoms. The number of anilines is 1. The number of halogens is 3. The molecule has 0 aromatic heterocycles.